The predicted octanol–water partition coefficient (Wildman–Crippen LogP) is 4.16. The summed E-state index contributed by atoms with van der Waals surface area (Å²) in [4.78, 5) is 12.2. The van der Waals surface area contributed by atoms with E-state index in [2.05, 4.69) is 10.6 Å². The van der Waals surface area contributed by atoms with Crippen LogP contribution in [-0.4, -0.2) is 12.5 Å². The fraction of sp³-hybridized carbons (Fsp3) is 0.133. The summed E-state index contributed by atoms with van der Waals surface area (Å²) in [5.74, 6) is -0.936. The molecule has 0 atom stereocenters. The summed E-state index contributed by atoms with van der Waals surface area (Å²) >= 11 is 5.67. The smallest absolute Gasteiger partial charge is 0.257 e. The molecule has 0 aliphatic heterocycles. The van der Waals surface area contributed by atoms with Crippen LogP contribution in [0.25, 0.3) is 0 Å². The van der Waals surface area contributed by atoms with Gasteiger partial charge in [0.25, 0.3) is 5.91 Å². The molecule has 0 saturated carbocycles. The number of nitrogens with one attached hydrogen (secondary N) is 2. The minimum atomic E-state index is -0.563. The first-order valence-corrected chi connectivity index (χ1v) is 6.59. The molecule has 0 spiro atoms. The van der Waals surface area contributed by atoms with Gasteiger partial charge in [0.15, 0.2) is 0 Å². The molecule has 20 heavy (non-hydrogen) atoms. The third kappa shape index (κ3) is 3.27. The Bertz CT molecular complexity index is 631. The van der Waals surface area contributed by atoms with Crippen LogP contribution < -0.4 is 10.6 Å². The van der Waals surface area contributed by atoms with E-state index in [-0.39, 0.29) is 16.6 Å². The van der Waals surface area contributed by atoms with E-state index in [9.17, 15) is 9.18 Å². The zero-order chi connectivity index (χ0) is 14.5. The van der Waals surface area contributed by atoms with E-state index in [0.717, 1.165) is 6.07 Å². The second kappa shape index (κ2) is 6.39. The molecule has 104 valence electrons. The Balaban J connectivity index is 2.24. The van der Waals surface area contributed by atoms with Gasteiger partial charge in [-0.05, 0) is 37.3 Å². The molecule has 2 N–H and O–H groups in total. The van der Waals surface area contributed by atoms with E-state index in [0.29, 0.717) is 17.8 Å². The molecular formula is C15H14ClFN2O. The average molecular weight is 293 g/mol. The topological polar surface area (TPSA) is 41.1 Å². The maximum absolute atomic E-state index is 13.7. The van der Waals surface area contributed by atoms with Gasteiger partial charge < -0.3 is 10.6 Å². The van der Waals surface area contributed by atoms with Gasteiger partial charge in [-0.25, -0.2) is 4.39 Å². The first-order valence-electron chi connectivity index (χ1n) is 6.21. The number of hydrogen-bond donors (Lipinski definition) is 2. The van der Waals surface area contributed by atoms with Gasteiger partial charge in [-0.3, -0.25) is 4.79 Å². The average Bonchev–Trinajstić information content (AvgIpc) is 2.43. The minimum absolute atomic E-state index is 0.103. The van der Waals surface area contributed by atoms with Crippen LogP contribution in [0.3, 0.4) is 0 Å². The van der Waals surface area contributed by atoms with Gasteiger partial charge in [0.1, 0.15) is 5.82 Å². The standard InChI is InChI=1S/C15H14ClFN2O/c1-2-18-13-6-4-3-5-11(13)15(20)19-14-8-7-10(16)9-12(14)17/h3-9,18H,2H2,1H3,(H,19,20). The van der Waals surface area contributed by atoms with Gasteiger partial charge in [0, 0.05) is 17.3 Å². The Hall–Kier alpha value is -2.07. The Morgan fingerprint density at radius 3 is 2.65 bits per heavy atom. The molecule has 0 aliphatic rings. The molecule has 0 heterocycles. The van der Waals surface area contributed by atoms with Crippen molar-refractivity contribution in [3.05, 3.63) is 58.9 Å². The molecule has 2 rings (SSSR count). The molecular weight excluding hydrogens is 279 g/mol. The molecule has 1 amide bonds. The quantitative estimate of drug-likeness (QED) is 0.888. The second-order valence-corrected chi connectivity index (χ2v) is 4.59. The van der Waals surface area contributed by atoms with E-state index in [1.165, 1.54) is 12.1 Å². The van der Waals surface area contributed by atoms with Gasteiger partial charge in [-0.15, -0.1) is 0 Å². The number of anilines is 2. The Morgan fingerprint density at radius 1 is 1.20 bits per heavy atom. The second-order valence-electron chi connectivity index (χ2n) is 4.15. The predicted molar refractivity (Wildman–Crippen MR) is 80.0 cm³/mol. The number of para-hydroxylation sites is 1. The van der Waals surface area contributed by atoms with Crippen molar-refractivity contribution in [1.82, 2.24) is 0 Å². The van der Waals surface area contributed by atoms with Gasteiger partial charge in [-0.1, -0.05) is 23.7 Å². The molecule has 0 unspecified atom stereocenters. The summed E-state index contributed by atoms with van der Waals surface area (Å²) in [5.41, 5.74) is 1.27. The fourth-order valence-electron chi connectivity index (χ4n) is 1.81. The van der Waals surface area contributed by atoms with Crippen molar-refractivity contribution in [2.45, 2.75) is 6.92 Å². The van der Waals surface area contributed by atoms with Crippen LogP contribution in [0, 0.1) is 5.82 Å². The van der Waals surface area contributed by atoms with E-state index in [1.54, 1.807) is 18.2 Å². The third-order valence-electron chi connectivity index (χ3n) is 2.72. The summed E-state index contributed by atoms with van der Waals surface area (Å²) in [6.07, 6.45) is 0. The largest absolute Gasteiger partial charge is 0.385 e. The summed E-state index contributed by atoms with van der Waals surface area (Å²) in [7, 11) is 0. The van der Waals surface area contributed by atoms with Crippen molar-refractivity contribution in [2.75, 3.05) is 17.2 Å². The fourth-order valence-corrected chi connectivity index (χ4v) is 1.97. The van der Waals surface area contributed by atoms with Gasteiger partial charge in [0.2, 0.25) is 0 Å². The van der Waals surface area contributed by atoms with Crippen LogP contribution in [0.15, 0.2) is 42.5 Å². The minimum Gasteiger partial charge on any atom is -0.385 e. The third-order valence-corrected chi connectivity index (χ3v) is 2.95. The summed E-state index contributed by atoms with van der Waals surface area (Å²) in [6, 6.07) is 11.2. The van der Waals surface area contributed by atoms with Gasteiger partial charge >= 0.3 is 0 Å². The first kappa shape index (κ1) is 14.3. The zero-order valence-corrected chi connectivity index (χ0v) is 11.7. The molecule has 0 saturated heterocycles. The van der Waals surface area contributed by atoms with Crippen molar-refractivity contribution in [3.8, 4) is 0 Å². The van der Waals surface area contributed by atoms with Crippen molar-refractivity contribution >= 4 is 28.9 Å². The van der Waals surface area contributed by atoms with Gasteiger partial charge in [-0.2, -0.15) is 0 Å². The van der Waals surface area contributed by atoms with E-state index in [1.807, 2.05) is 13.0 Å². The summed E-state index contributed by atoms with van der Waals surface area (Å²) in [5, 5.41) is 5.92. The van der Waals surface area contributed by atoms with E-state index in [4.69, 9.17) is 11.6 Å². The molecule has 0 aromatic heterocycles. The molecule has 3 nitrogen and oxygen atoms in total. The Morgan fingerprint density at radius 2 is 1.95 bits per heavy atom. The molecule has 0 bridgehead atoms. The number of amides is 1. The highest BCUT2D eigenvalue weighted by molar-refractivity contribution is 6.30. The lowest BCUT2D eigenvalue weighted by Gasteiger charge is -2.11. The normalized spacial score (nSPS) is 10.2. The number of rotatable bonds is 4. The molecule has 5 heteroatoms. The number of halogens is 2. The Labute approximate surface area is 121 Å². The monoisotopic (exact) mass is 292 g/mol. The van der Waals surface area contributed by atoms with Crippen LogP contribution in [0.1, 0.15) is 17.3 Å². The number of hydrogen-bond acceptors (Lipinski definition) is 2. The molecule has 0 fully saturated rings. The highest BCUT2D eigenvalue weighted by Crippen LogP contribution is 2.21. The van der Waals surface area contributed by atoms with Crippen molar-refractivity contribution in [1.29, 1.82) is 0 Å². The lowest BCUT2D eigenvalue weighted by atomic mass is 10.1. The maximum atomic E-state index is 13.7. The van der Waals surface area contributed by atoms with Crippen LogP contribution in [0.2, 0.25) is 5.02 Å². The highest BCUT2D eigenvalue weighted by Gasteiger charge is 2.12. The van der Waals surface area contributed by atoms with Crippen molar-refractivity contribution in [3.63, 3.8) is 0 Å². The highest BCUT2D eigenvalue weighted by atomic mass is 35.5. The molecule has 2 aromatic carbocycles. The van der Waals surface area contributed by atoms with E-state index < -0.39 is 5.82 Å². The zero-order valence-electron chi connectivity index (χ0n) is 10.9. The molecule has 0 aliphatic carbocycles. The van der Waals surface area contributed by atoms with E-state index >= 15 is 0 Å². The number of benzene rings is 2. The van der Waals surface area contributed by atoms with Crippen molar-refractivity contribution < 1.29 is 9.18 Å². The lowest BCUT2D eigenvalue weighted by Crippen LogP contribution is -2.15. The number of carbonyl (C=O) groups is 1. The van der Waals surface area contributed by atoms with Crippen LogP contribution >= 0.6 is 11.6 Å². The molecule has 2 aromatic rings. The van der Waals surface area contributed by atoms with Crippen LogP contribution in [-0.2, 0) is 0 Å². The van der Waals surface area contributed by atoms with Crippen LogP contribution in [0.5, 0.6) is 0 Å². The summed E-state index contributed by atoms with van der Waals surface area (Å²) < 4.78 is 13.7. The van der Waals surface area contributed by atoms with Crippen LogP contribution in [0.4, 0.5) is 15.8 Å². The SMILES string of the molecule is CCNc1ccccc1C(=O)Nc1ccc(Cl)cc1F. The molecule has 0 radical (unpaired) electrons. The first-order chi connectivity index (χ1) is 9.61. The van der Waals surface area contributed by atoms with Gasteiger partial charge in [0.05, 0.1) is 11.3 Å². The summed E-state index contributed by atoms with van der Waals surface area (Å²) in [6.45, 7) is 2.63. The maximum Gasteiger partial charge on any atom is 0.257 e. The Kier molecular flexibility index (Phi) is 4.58. The van der Waals surface area contributed by atoms with Crippen molar-refractivity contribution in [2.24, 2.45) is 0 Å². The number of carbonyl (C=O) groups excluding carboxylic acids is 1. The lowest BCUT2D eigenvalue weighted by molar-refractivity contribution is 0.102.